The molecule has 0 radical (unpaired) electrons. The highest BCUT2D eigenvalue weighted by Gasteiger charge is 2.79. The van der Waals surface area contributed by atoms with E-state index in [2.05, 4.69) is 5.25 Å². The SMILES string of the molecule is C#CS/C(=C\CC1=C(c2cc(-c3ccc([N+](=O)[O-])s3)sc2-c2ccc([N+](=O)[O-])s2)C(F)(F)C(F)(F)C1(F)F)c1ccc([N+](=O)[O-])s1. The number of rotatable bonds is 10. The third-order valence-corrected chi connectivity index (χ3v) is 12.0. The fourth-order valence-corrected chi connectivity index (χ4v) is 8.93. The van der Waals surface area contributed by atoms with Gasteiger partial charge >= 0.3 is 32.8 Å². The maximum atomic E-state index is 15.7. The van der Waals surface area contributed by atoms with Crippen molar-refractivity contribution < 1.29 is 41.1 Å². The number of hydrogen-bond acceptors (Lipinski definition) is 11. The van der Waals surface area contributed by atoms with Crippen LogP contribution in [0.25, 0.3) is 30.0 Å². The van der Waals surface area contributed by atoms with Gasteiger partial charge in [-0.15, -0.1) is 17.8 Å². The molecule has 9 nitrogen and oxygen atoms in total. The second-order valence-corrected chi connectivity index (χ2v) is 14.2. The highest BCUT2D eigenvalue weighted by Crippen LogP contribution is 2.65. The Bertz CT molecular complexity index is 2020. The number of halogens is 6. The molecular formula is C26H11F6N3O6S5. The van der Waals surface area contributed by atoms with Gasteiger partial charge in [-0.1, -0.05) is 40.1 Å². The predicted octanol–water partition coefficient (Wildman–Crippen LogP) is 10.4. The summed E-state index contributed by atoms with van der Waals surface area (Å²) in [5.74, 6) is -16.8. The van der Waals surface area contributed by atoms with Crippen molar-refractivity contribution in [3.63, 3.8) is 0 Å². The van der Waals surface area contributed by atoms with Gasteiger partial charge in [-0.25, -0.2) is 0 Å². The Morgan fingerprint density at radius 1 is 0.783 bits per heavy atom. The van der Waals surface area contributed by atoms with E-state index in [0.717, 1.165) is 36.4 Å². The number of thiophene rings is 4. The largest absolute Gasteiger partial charge is 0.380 e. The fraction of sp³-hybridized carbons (Fsp3) is 0.154. The number of thioether (sulfide) groups is 1. The van der Waals surface area contributed by atoms with Crippen molar-refractivity contribution in [3.8, 4) is 31.2 Å². The van der Waals surface area contributed by atoms with E-state index in [9.17, 15) is 30.3 Å². The van der Waals surface area contributed by atoms with E-state index in [0.29, 0.717) is 57.1 Å². The van der Waals surface area contributed by atoms with Crippen LogP contribution in [0.4, 0.5) is 41.3 Å². The van der Waals surface area contributed by atoms with Gasteiger partial charge in [-0.05, 0) is 47.7 Å². The van der Waals surface area contributed by atoms with Gasteiger partial charge in [-0.3, -0.25) is 30.3 Å². The zero-order valence-corrected chi connectivity index (χ0v) is 26.1. The number of terminal acetylenes is 1. The molecule has 238 valence electrons. The van der Waals surface area contributed by atoms with E-state index in [4.69, 9.17) is 6.42 Å². The molecule has 0 saturated carbocycles. The van der Waals surface area contributed by atoms with Gasteiger partial charge in [0.2, 0.25) is 0 Å². The average Bonchev–Trinajstić information content (AvgIpc) is 3.79. The van der Waals surface area contributed by atoms with Crippen LogP contribution in [0.1, 0.15) is 16.9 Å². The Kier molecular flexibility index (Phi) is 8.67. The number of hydrogen-bond donors (Lipinski definition) is 0. The zero-order chi connectivity index (χ0) is 33.8. The molecule has 0 N–H and O–H groups in total. The van der Waals surface area contributed by atoms with Crippen molar-refractivity contribution in [3.05, 3.63) is 94.9 Å². The number of nitrogens with zero attached hydrogens (tertiary/aromatic N) is 3. The maximum absolute atomic E-state index is 15.7. The summed E-state index contributed by atoms with van der Waals surface area (Å²) in [5, 5.41) is 34.7. The Labute approximate surface area is 273 Å². The predicted molar refractivity (Wildman–Crippen MR) is 166 cm³/mol. The van der Waals surface area contributed by atoms with Crippen molar-refractivity contribution >= 4 is 82.6 Å². The van der Waals surface area contributed by atoms with Crippen molar-refractivity contribution in [1.29, 1.82) is 0 Å². The first-order valence-electron chi connectivity index (χ1n) is 12.1. The standard InChI is InChI=1S/C26H11F6N3O6S5/c1-2-42-14(15-5-8-19(43-15)33(36)37)4-3-13-22(25(29,30)26(31,32)24(13,27)28)12-11-18(16-6-9-20(44-16)34(38)39)46-23(12)17-7-10-21(45-17)35(40)41/h1,4-11H,3H2/b14-4-. The molecule has 0 unspecified atom stereocenters. The van der Waals surface area contributed by atoms with Crippen LogP contribution in [0.3, 0.4) is 0 Å². The molecule has 4 heterocycles. The van der Waals surface area contributed by atoms with E-state index in [1.54, 1.807) is 0 Å². The molecule has 0 bridgehead atoms. The molecule has 20 heteroatoms. The Hall–Kier alpha value is -4.03. The Balaban J connectivity index is 1.76. The normalized spacial score (nSPS) is 16.8. The molecule has 0 spiro atoms. The van der Waals surface area contributed by atoms with Crippen LogP contribution >= 0.6 is 57.1 Å². The molecule has 4 aromatic heterocycles. The van der Waals surface area contributed by atoms with Gasteiger partial charge in [0.25, 0.3) is 0 Å². The number of allylic oxidation sites excluding steroid dienone is 3. The van der Waals surface area contributed by atoms with Crippen molar-refractivity contribution in [1.82, 2.24) is 0 Å². The quantitative estimate of drug-likeness (QED) is 0.0686. The third kappa shape index (κ3) is 5.51. The molecule has 0 aliphatic heterocycles. The summed E-state index contributed by atoms with van der Waals surface area (Å²) in [7, 11) is 0. The zero-order valence-electron chi connectivity index (χ0n) is 22.0. The molecular weight excluding hydrogens is 725 g/mol. The molecule has 1 aliphatic carbocycles. The van der Waals surface area contributed by atoms with Crippen molar-refractivity contribution in [2.24, 2.45) is 0 Å². The summed E-state index contributed by atoms with van der Waals surface area (Å²) in [6.07, 6.45) is 5.02. The van der Waals surface area contributed by atoms with E-state index < -0.39 is 60.7 Å². The van der Waals surface area contributed by atoms with E-state index in [1.165, 1.54) is 12.1 Å². The van der Waals surface area contributed by atoms with Gasteiger partial charge in [0.15, 0.2) is 0 Å². The van der Waals surface area contributed by atoms with E-state index in [-0.39, 0.29) is 39.3 Å². The summed E-state index contributed by atoms with van der Waals surface area (Å²) in [6.45, 7) is 0. The summed E-state index contributed by atoms with van der Waals surface area (Å²) in [6, 6.07) is 7.79. The van der Waals surface area contributed by atoms with Crippen molar-refractivity contribution in [2.45, 2.75) is 24.2 Å². The fourth-order valence-electron chi connectivity index (χ4n) is 4.45. The summed E-state index contributed by atoms with van der Waals surface area (Å²) < 4.78 is 92.2. The Morgan fingerprint density at radius 3 is 1.87 bits per heavy atom. The van der Waals surface area contributed by atoms with Gasteiger partial charge in [-0.2, -0.15) is 26.3 Å². The lowest BCUT2D eigenvalue weighted by Crippen LogP contribution is -2.49. The minimum Gasteiger partial charge on any atom is -0.258 e. The monoisotopic (exact) mass is 735 g/mol. The van der Waals surface area contributed by atoms with Crippen LogP contribution in [0, 0.1) is 42.0 Å². The second kappa shape index (κ2) is 12.0. The minimum absolute atomic E-state index is 0.0188. The first-order chi connectivity index (χ1) is 21.5. The third-order valence-electron chi connectivity index (χ3n) is 6.47. The lowest BCUT2D eigenvalue weighted by Gasteiger charge is -2.25. The highest BCUT2D eigenvalue weighted by atomic mass is 32.2. The molecule has 1 aliphatic rings. The average molecular weight is 736 g/mol. The molecule has 5 rings (SSSR count). The van der Waals surface area contributed by atoms with Crippen LogP contribution in [-0.4, -0.2) is 32.5 Å². The van der Waals surface area contributed by atoms with Gasteiger partial charge in [0.1, 0.15) is 0 Å². The molecule has 0 aromatic carbocycles. The second-order valence-electron chi connectivity index (χ2n) is 9.11. The summed E-state index contributed by atoms with van der Waals surface area (Å²) in [4.78, 5) is 31.3. The van der Waals surface area contributed by atoms with Crippen LogP contribution in [0.15, 0.2) is 54.1 Å². The molecule has 0 fully saturated rings. The molecule has 0 atom stereocenters. The Morgan fingerprint density at radius 2 is 1.33 bits per heavy atom. The molecule has 46 heavy (non-hydrogen) atoms. The highest BCUT2D eigenvalue weighted by molar-refractivity contribution is 8.12. The molecule has 0 saturated heterocycles. The smallest absolute Gasteiger partial charge is 0.258 e. The van der Waals surface area contributed by atoms with E-state index in [1.807, 2.05) is 0 Å². The summed E-state index contributed by atoms with van der Waals surface area (Å²) >= 11 is 2.91. The maximum Gasteiger partial charge on any atom is 0.380 e. The first-order valence-corrected chi connectivity index (χ1v) is 16.2. The molecule has 4 aromatic rings. The van der Waals surface area contributed by atoms with Gasteiger partial charge < -0.3 is 0 Å². The lowest BCUT2D eigenvalue weighted by atomic mass is 9.97. The minimum atomic E-state index is -5.91. The van der Waals surface area contributed by atoms with Gasteiger partial charge in [0.05, 0.1) is 29.4 Å². The van der Waals surface area contributed by atoms with Crippen LogP contribution in [0.2, 0.25) is 0 Å². The van der Waals surface area contributed by atoms with Gasteiger partial charge in [0, 0.05) is 49.6 Å². The lowest BCUT2D eigenvalue weighted by molar-refractivity contribution is -0.380. The summed E-state index contributed by atoms with van der Waals surface area (Å²) in [5.41, 5.74) is -4.16. The number of alkyl halides is 6. The first kappa shape index (κ1) is 33.3. The van der Waals surface area contributed by atoms with Crippen LogP contribution in [-0.2, 0) is 0 Å². The number of nitro groups is 3. The molecule has 0 amide bonds. The van der Waals surface area contributed by atoms with Crippen LogP contribution in [0.5, 0.6) is 0 Å². The van der Waals surface area contributed by atoms with Crippen molar-refractivity contribution in [2.75, 3.05) is 0 Å². The topological polar surface area (TPSA) is 129 Å². The van der Waals surface area contributed by atoms with E-state index >= 15 is 26.3 Å². The van der Waals surface area contributed by atoms with Crippen LogP contribution < -0.4 is 0 Å².